The zero-order chi connectivity index (χ0) is 15.2. The first-order valence-electron chi connectivity index (χ1n) is 8.10. The van der Waals surface area contributed by atoms with E-state index in [1.807, 2.05) is 4.90 Å². The fourth-order valence-electron chi connectivity index (χ4n) is 3.39. The quantitative estimate of drug-likeness (QED) is 0.776. The minimum absolute atomic E-state index is 0.194. The molecule has 0 aliphatic carbocycles. The van der Waals surface area contributed by atoms with Gasteiger partial charge in [0.2, 0.25) is 5.91 Å². The number of nitrogens with one attached hydrogen (secondary N) is 1. The first-order valence-corrected chi connectivity index (χ1v) is 8.10. The summed E-state index contributed by atoms with van der Waals surface area (Å²) >= 11 is 0. The van der Waals surface area contributed by atoms with E-state index in [1.165, 1.54) is 6.42 Å². The number of hydrogen-bond donors (Lipinski definition) is 1. The van der Waals surface area contributed by atoms with Crippen molar-refractivity contribution in [2.75, 3.05) is 39.3 Å². The van der Waals surface area contributed by atoms with E-state index >= 15 is 0 Å². The average Bonchev–Trinajstić information content (AvgIpc) is 2.39. The van der Waals surface area contributed by atoms with Gasteiger partial charge in [-0.2, -0.15) is 0 Å². The summed E-state index contributed by atoms with van der Waals surface area (Å²) in [6.45, 7) is 16.8. The molecule has 1 saturated heterocycles. The lowest BCUT2D eigenvalue weighted by atomic mass is 9.85. The second-order valence-electron chi connectivity index (χ2n) is 6.68. The van der Waals surface area contributed by atoms with E-state index in [9.17, 15) is 4.79 Å². The standard InChI is InChI=1S/C16H33N3O/c1-6-18(15(4)20)10-7-16(5,13-14(2)3)19-11-8-17-9-12-19/h14,17H,6-13H2,1-5H3. The topological polar surface area (TPSA) is 35.6 Å². The van der Waals surface area contributed by atoms with Crippen LogP contribution in [0, 0.1) is 5.92 Å². The molecule has 0 radical (unpaired) electrons. The Hall–Kier alpha value is -0.610. The number of carbonyl (C=O) groups excluding carboxylic acids is 1. The maximum Gasteiger partial charge on any atom is 0.219 e. The number of hydrogen-bond acceptors (Lipinski definition) is 3. The Balaban J connectivity index is 2.69. The lowest BCUT2D eigenvalue weighted by Gasteiger charge is -2.45. The predicted octanol–water partition coefficient (Wildman–Crippen LogP) is 1.95. The van der Waals surface area contributed by atoms with Gasteiger partial charge in [0.25, 0.3) is 0 Å². The van der Waals surface area contributed by atoms with Crippen LogP contribution in [0.15, 0.2) is 0 Å². The van der Waals surface area contributed by atoms with E-state index in [2.05, 4.69) is 37.9 Å². The first kappa shape index (κ1) is 17.4. The third-order valence-corrected chi connectivity index (χ3v) is 4.48. The fraction of sp³-hybridized carbons (Fsp3) is 0.938. The Labute approximate surface area is 124 Å². The van der Waals surface area contributed by atoms with Crippen molar-refractivity contribution in [3.63, 3.8) is 0 Å². The highest BCUT2D eigenvalue weighted by molar-refractivity contribution is 5.73. The minimum Gasteiger partial charge on any atom is -0.343 e. The molecule has 20 heavy (non-hydrogen) atoms. The van der Waals surface area contributed by atoms with Gasteiger partial charge in [-0.25, -0.2) is 0 Å². The molecule has 1 N–H and O–H groups in total. The second kappa shape index (κ2) is 7.99. The molecule has 0 spiro atoms. The van der Waals surface area contributed by atoms with Gasteiger partial charge in [0.15, 0.2) is 0 Å². The molecule has 4 heteroatoms. The monoisotopic (exact) mass is 283 g/mol. The molecular formula is C16H33N3O. The number of carbonyl (C=O) groups is 1. The summed E-state index contributed by atoms with van der Waals surface area (Å²) in [6, 6.07) is 0. The molecule has 1 aliphatic heterocycles. The summed E-state index contributed by atoms with van der Waals surface area (Å²) in [5, 5.41) is 3.43. The Kier molecular flexibility index (Phi) is 6.96. The smallest absolute Gasteiger partial charge is 0.219 e. The van der Waals surface area contributed by atoms with Gasteiger partial charge in [0.05, 0.1) is 0 Å². The van der Waals surface area contributed by atoms with Gasteiger partial charge in [-0.1, -0.05) is 13.8 Å². The Morgan fingerprint density at radius 2 is 1.95 bits per heavy atom. The van der Waals surface area contributed by atoms with E-state index in [-0.39, 0.29) is 11.4 Å². The number of amides is 1. The highest BCUT2D eigenvalue weighted by atomic mass is 16.2. The molecule has 1 fully saturated rings. The van der Waals surface area contributed by atoms with Crippen molar-refractivity contribution in [1.82, 2.24) is 15.1 Å². The molecule has 1 aliphatic rings. The van der Waals surface area contributed by atoms with Gasteiger partial charge in [-0.15, -0.1) is 0 Å². The van der Waals surface area contributed by atoms with Gasteiger partial charge in [0, 0.05) is 51.7 Å². The van der Waals surface area contributed by atoms with Crippen LogP contribution < -0.4 is 5.32 Å². The van der Waals surface area contributed by atoms with Crippen LogP contribution in [0.2, 0.25) is 0 Å². The van der Waals surface area contributed by atoms with Gasteiger partial charge in [-0.05, 0) is 32.6 Å². The zero-order valence-electron chi connectivity index (χ0n) is 14.0. The Morgan fingerprint density at radius 3 is 2.40 bits per heavy atom. The van der Waals surface area contributed by atoms with Crippen LogP contribution in [0.5, 0.6) is 0 Å². The van der Waals surface area contributed by atoms with Gasteiger partial charge in [0.1, 0.15) is 0 Å². The van der Waals surface area contributed by atoms with E-state index in [1.54, 1.807) is 6.92 Å². The molecule has 1 unspecified atom stereocenters. The molecule has 0 aromatic carbocycles. The number of piperazine rings is 1. The molecular weight excluding hydrogens is 250 g/mol. The van der Waals surface area contributed by atoms with Crippen molar-refractivity contribution >= 4 is 5.91 Å². The van der Waals surface area contributed by atoms with Crippen molar-refractivity contribution < 1.29 is 4.79 Å². The largest absolute Gasteiger partial charge is 0.343 e. The van der Waals surface area contributed by atoms with E-state index in [4.69, 9.17) is 0 Å². The maximum absolute atomic E-state index is 11.6. The van der Waals surface area contributed by atoms with Crippen LogP contribution in [0.25, 0.3) is 0 Å². The molecule has 0 saturated carbocycles. The number of nitrogens with zero attached hydrogens (tertiary/aromatic N) is 2. The van der Waals surface area contributed by atoms with Crippen LogP contribution in [-0.4, -0.2) is 60.5 Å². The second-order valence-corrected chi connectivity index (χ2v) is 6.68. The van der Waals surface area contributed by atoms with Crippen LogP contribution in [0.1, 0.15) is 47.5 Å². The van der Waals surface area contributed by atoms with Gasteiger partial charge in [-0.3, -0.25) is 9.69 Å². The van der Waals surface area contributed by atoms with Crippen LogP contribution in [0.3, 0.4) is 0 Å². The average molecular weight is 283 g/mol. The minimum atomic E-state index is 0.194. The molecule has 1 rings (SSSR count). The fourth-order valence-corrected chi connectivity index (χ4v) is 3.39. The SMILES string of the molecule is CCN(CCC(C)(CC(C)C)N1CCNCC1)C(C)=O. The van der Waals surface area contributed by atoms with Crippen molar-refractivity contribution in [3.05, 3.63) is 0 Å². The lowest BCUT2D eigenvalue weighted by molar-refractivity contribution is -0.129. The van der Waals surface area contributed by atoms with Crippen molar-refractivity contribution in [1.29, 1.82) is 0 Å². The van der Waals surface area contributed by atoms with E-state index < -0.39 is 0 Å². The van der Waals surface area contributed by atoms with Gasteiger partial charge >= 0.3 is 0 Å². The molecule has 1 amide bonds. The van der Waals surface area contributed by atoms with Crippen molar-refractivity contribution in [3.8, 4) is 0 Å². The summed E-state index contributed by atoms with van der Waals surface area (Å²) in [4.78, 5) is 16.2. The van der Waals surface area contributed by atoms with Crippen LogP contribution >= 0.6 is 0 Å². The third-order valence-electron chi connectivity index (χ3n) is 4.48. The number of rotatable bonds is 7. The predicted molar refractivity (Wildman–Crippen MR) is 84.8 cm³/mol. The Morgan fingerprint density at radius 1 is 1.35 bits per heavy atom. The summed E-state index contributed by atoms with van der Waals surface area (Å²) in [5.41, 5.74) is 0.207. The van der Waals surface area contributed by atoms with Crippen LogP contribution in [0.4, 0.5) is 0 Å². The summed E-state index contributed by atoms with van der Waals surface area (Å²) in [7, 11) is 0. The molecule has 4 nitrogen and oxygen atoms in total. The third kappa shape index (κ3) is 5.06. The van der Waals surface area contributed by atoms with E-state index in [0.29, 0.717) is 5.92 Å². The normalized spacial score (nSPS) is 19.9. The summed E-state index contributed by atoms with van der Waals surface area (Å²) in [6.07, 6.45) is 2.26. The summed E-state index contributed by atoms with van der Waals surface area (Å²) < 4.78 is 0. The molecule has 0 bridgehead atoms. The highest BCUT2D eigenvalue weighted by Crippen LogP contribution is 2.28. The zero-order valence-corrected chi connectivity index (χ0v) is 14.0. The molecule has 1 atom stereocenters. The molecule has 118 valence electrons. The highest BCUT2D eigenvalue weighted by Gasteiger charge is 2.33. The first-order chi connectivity index (χ1) is 9.39. The maximum atomic E-state index is 11.6. The molecule has 1 heterocycles. The van der Waals surface area contributed by atoms with Crippen molar-refractivity contribution in [2.45, 2.75) is 53.0 Å². The molecule has 0 aromatic heterocycles. The Bertz CT molecular complexity index is 300. The summed E-state index contributed by atoms with van der Waals surface area (Å²) in [5.74, 6) is 0.877. The van der Waals surface area contributed by atoms with Gasteiger partial charge < -0.3 is 10.2 Å². The lowest BCUT2D eigenvalue weighted by Crippen LogP contribution is -2.56. The van der Waals surface area contributed by atoms with E-state index in [0.717, 1.165) is 45.7 Å². The molecule has 0 aromatic rings. The van der Waals surface area contributed by atoms with Crippen molar-refractivity contribution in [2.24, 2.45) is 5.92 Å². The van der Waals surface area contributed by atoms with Crippen LogP contribution in [-0.2, 0) is 4.79 Å².